The fraction of sp³-hybridized carbons (Fsp3) is 0.300. The Morgan fingerprint density at radius 1 is 1.38 bits per heavy atom. The highest BCUT2D eigenvalue weighted by Crippen LogP contribution is 2.45. The molecular formula is C10H8FNO. The summed E-state index contributed by atoms with van der Waals surface area (Å²) in [6.07, 6.45) is 0.803. The van der Waals surface area contributed by atoms with Crippen molar-refractivity contribution in [2.75, 3.05) is 0 Å². The van der Waals surface area contributed by atoms with E-state index in [1.807, 2.05) is 0 Å². The summed E-state index contributed by atoms with van der Waals surface area (Å²) in [5, 5.41) is 2.87. The van der Waals surface area contributed by atoms with Crippen molar-refractivity contribution in [2.45, 2.75) is 18.4 Å². The molecule has 1 aromatic carbocycles. The van der Waals surface area contributed by atoms with E-state index < -0.39 is 0 Å². The second-order valence-corrected chi connectivity index (χ2v) is 3.62. The maximum Gasteiger partial charge on any atom is 0.228 e. The first kappa shape index (κ1) is 7.06. The Bertz CT molecular complexity index is 402. The number of halogens is 1. The van der Waals surface area contributed by atoms with Gasteiger partial charge in [-0.1, -0.05) is 6.07 Å². The van der Waals surface area contributed by atoms with Crippen LogP contribution in [0.2, 0.25) is 0 Å². The summed E-state index contributed by atoms with van der Waals surface area (Å²) in [7, 11) is 0. The second-order valence-electron chi connectivity index (χ2n) is 3.62. The lowest BCUT2D eigenvalue weighted by Gasteiger charge is -2.15. The summed E-state index contributed by atoms with van der Waals surface area (Å²) in [6, 6.07) is 4.84. The number of carbonyl (C=O) groups excluding carboxylic acids is 1. The minimum Gasteiger partial charge on any atom is -0.349 e. The molecule has 2 nitrogen and oxygen atoms in total. The van der Waals surface area contributed by atoms with Crippen molar-refractivity contribution in [1.82, 2.24) is 5.32 Å². The highest BCUT2D eigenvalue weighted by molar-refractivity contribution is 5.89. The molecule has 1 N–H and O–H groups in total. The van der Waals surface area contributed by atoms with Gasteiger partial charge in [-0.2, -0.15) is 0 Å². The number of amides is 1. The summed E-state index contributed by atoms with van der Waals surface area (Å²) in [6.45, 7) is 0. The van der Waals surface area contributed by atoms with Gasteiger partial charge in [0.15, 0.2) is 0 Å². The van der Waals surface area contributed by atoms with E-state index in [9.17, 15) is 9.18 Å². The van der Waals surface area contributed by atoms with Crippen LogP contribution in [0.1, 0.15) is 29.5 Å². The molecule has 2 bridgehead atoms. The van der Waals surface area contributed by atoms with Crippen molar-refractivity contribution in [1.29, 1.82) is 0 Å². The first-order chi connectivity index (χ1) is 6.25. The molecule has 66 valence electrons. The maximum atomic E-state index is 12.9. The van der Waals surface area contributed by atoms with Gasteiger partial charge in [-0.3, -0.25) is 4.79 Å². The standard InChI is InChI=1S/C10H8FNO/c11-5-1-2-6-7(3-5)8-4-9(6)12-10(8)13/h1-3,8-9H,4H2,(H,12,13)/t8-,9+/m1/s1. The number of fused-ring (bicyclic) bond motifs is 5. The van der Waals surface area contributed by atoms with Crippen LogP contribution in [0.3, 0.4) is 0 Å². The molecule has 3 rings (SSSR count). The summed E-state index contributed by atoms with van der Waals surface area (Å²) >= 11 is 0. The second kappa shape index (κ2) is 2.10. The lowest BCUT2D eigenvalue weighted by Crippen LogP contribution is -2.26. The zero-order chi connectivity index (χ0) is 9.00. The SMILES string of the molecule is O=C1N[C@H]2C[C@@H]1c1cc(F)ccc12. The van der Waals surface area contributed by atoms with Crippen LogP contribution in [0.5, 0.6) is 0 Å². The molecule has 1 aliphatic heterocycles. The van der Waals surface area contributed by atoms with Crippen LogP contribution in [-0.2, 0) is 4.79 Å². The molecule has 1 aromatic rings. The van der Waals surface area contributed by atoms with E-state index in [2.05, 4.69) is 5.32 Å². The summed E-state index contributed by atoms with van der Waals surface area (Å²) in [4.78, 5) is 11.3. The lowest BCUT2D eigenvalue weighted by atomic mass is 9.99. The fourth-order valence-electron chi connectivity index (χ4n) is 2.31. The average Bonchev–Trinajstić information content (AvgIpc) is 2.60. The monoisotopic (exact) mass is 177 g/mol. The number of hydrogen-bond acceptors (Lipinski definition) is 1. The lowest BCUT2D eigenvalue weighted by molar-refractivity contribution is -0.120. The molecule has 0 unspecified atom stereocenters. The molecule has 0 radical (unpaired) electrons. The Kier molecular flexibility index (Phi) is 1.14. The van der Waals surface area contributed by atoms with Crippen molar-refractivity contribution in [2.24, 2.45) is 0 Å². The Morgan fingerprint density at radius 3 is 3.08 bits per heavy atom. The van der Waals surface area contributed by atoms with Crippen LogP contribution in [0, 0.1) is 5.82 Å². The molecule has 0 aromatic heterocycles. The van der Waals surface area contributed by atoms with Crippen LogP contribution in [-0.4, -0.2) is 5.91 Å². The van der Waals surface area contributed by atoms with Crippen molar-refractivity contribution < 1.29 is 9.18 Å². The van der Waals surface area contributed by atoms with Gasteiger partial charge < -0.3 is 5.32 Å². The van der Waals surface area contributed by atoms with E-state index in [4.69, 9.17) is 0 Å². The van der Waals surface area contributed by atoms with Gasteiger partial charge in [-0.05, 0) is 29.7 Å². The molecule has 1 amide bonds. The van der Waals surface area contributed by atoms with Crippen LogP contribution in [0.25, 0.3) is 0 Å². The van der Waals surface area contributed by atoms with Gasteiger partial charge in [-0.15, -0.1) is 0 Å². The Morgan fingerprint density at radius 2 is 2.23 bits per heavy atom. The minimum atomic E-state index is -0.251. The zero-order valence-corrected chi connectivity index (χ0v) is 6.88. The topological polar surface area (TPSA) is 29.1 Å². The Labute approximate surface area is 74.8 Å². The molecule has 3 heteroatoms. The zero-order valence-electron chi connectivity index (χ0n) is 6.88. The van der Waals surface area contributed by atoms with Gasteiger partial charge in [0.1, 0.15) is 5.82 Å². The van der Waals surface area contributed by atoms with Gasteiger partial charge in [0.2, 0.25) is 5.91 Å². The van der Waals surface area contributed by atoms with E-state index in [1.165, 1.54) is 12.1 Å². The first-order valence-corrected chi connectivity index (χ1v) is 4.35. The number of rotatable bonds is 0. The number of benzene rings is 1. The van der Waals surface area contributed by atoms with Crippen LogP contribution >= 0.6 is 0 Å². The Hall–Kier alpha value is -1.38. The van der Waals surface area contributed by atoms with Gasteiger partial charge in [0, 0.05) is 0 Å². The summed E-state index contributed by atoms with van der Waals surface area (Å²) in [5.74, 6) is -0.307. The van der Waals surface area contributed by atoms with Crippen molar-refractivity contribution in [3.05, 3.63) is 35.1 Å². The van der Waals surface area contributed by atoms with E-state index >= 15 is 0 Å². The molecule has 0 saturated carbocycles. The molecule has 0 spiro atoms. The quantitative estimate of drug-likeness (QED) is 0.639. The smallest absolute Gasteiger partial charge is 0.228 e. The van der Waals surface area contributed by atoms with Gasteiger partial charge >= 0.3 is 0 Å². The molecule has 13 heavy (non-hydrogen) atoms. The van der Waals surface area contributed by atoms with Crippen molar-refractivity contribution in [3.8, 4) is 0 Å². The molecule has 2 aliphatic rings. The van der Waals surface area contributed by atoms with E-state index in [1.54, 1.807) is 6.07 Å². The van der Waals surface area contributed by atoms with E-state index in [0.29, 0.717) is 0 Å². The molecule has 1 aliphatic carbocycles. The van der Waals surface area contributed by atoms with Crippen molar-refractivity contribution in [3.63, 3.8) is 0 Å². The third kappa shape index (κ3) is 0.789. The third-order valence-corrected chi connectivity index (χ3v) is 2.90. The number of hydrogen-bond donors (Lipinski definition) is 1. The largest absolute Gasteiger partial charge is 0.349 e. The highest BCUT2D eigenvalue weighted by atomic mass is 19.1. The van der Waals surface area contributed by atoms with E-state index in [0.717, 1.165) is 17.5 Å². The summed E-state index contributed by atoms with van der Waals surface area (Å²) in [5.41, 5.74) is 1.97. The van der Waals surface area contributed by atoms with Gasteiger partial charge in [0.25, 0.3) is 0 Å². The molecule has 1 saturated heterocycles. The predicted molar refractivity (Wildman–Crippen MR) is 44.6 cm³/mol. The Balaban J connectivity index is 2.21. The van der Waals surface area contributed by atoms with Gasteiger partial charge in [0.05, 0.1) is 12.0 Å². The molecule has 2 atom stereocenters. The predicted octanol–water partition coefficient (Wildman–Crippen LogP) is 1.48. The van der Waals surface area contributed by atoms with E-state index in [-0.39, 0.29) is 23.7 Å². The van der Waals surface area contributed by atoms with Gasteiger partial charge in [-0.25, -0.2) is 4.39 Å². The molecule has 1 heterocycles. The molecular weight excluding hydrogens is 169 g/mol. The first-order valence-electron chi connectivity index (χ1n) is 4.35. The van der Waals surface area contributed by atoms with Crippen LogP contribution in [0.4, 0.5) is 4.39 Å². The number of carbonyl (C=O) groups is 1. The molecule has 1 fully saturated rings. The third-order valence-electron chi connectivity index (χ3n) is 2.90. The maximum absolute atomic E-state index is 12.9. The fourth-order valence-corrected chi connectivity index (χ4v) is 2.31. The highest BCUT2D eigenvalue weighted by Gasteiger charge is 2.42. The normalized spacial score (nSPS) is 28.8. The van der Waals surface area contributed by atoms with Crippen molar-refractivity contribution >= 4 is 5.91 Å². The summed E-state index contributed by atoms with van der Waals surface area (Å²) < 4.78 is 12.9. The minimum absolute atomic E-state index is 0.0445. The van der Waals surface area contributed by atoms with Crippen LogP contribution in [0.15, 0.2) is 18.2 Å². The number of nitrogens with one attached hydrogen (secondary N) is 1. The van der Waals surface area contributed by atoms with Crippen LogP contribution < -0.4 is 5.32 Å². The average molecular weight is 177 g/mol.